The van der Waals surface area contributed by atoms with E-state index in [1.165, 1.54) is 7.11 Å². The summed E-state index contributed by atoms with van der Waals surface area (Å²) in [6, 6.07) is 8.86. The van der Waals surface area contributed by atoms with Crippen LogP contribution >= 0.6 is 0 Å². The number of hydrogen-bond donors (Lipinski definition) is 3. The van der Waals surface area contributed by atoms with Crippen LogP contribution in [0.4, 0.5) is 0 Å². The molecule has 0 aliphatic rings. The number of aromatic nitrogens is 2. The molecule has 0 aliphatic carbocycles. The lowest BCUT2D eigenvalue weighted by molar-refractivity contribution is -0.139. The summed E-state index contributed by atoms with van der Waals surface area (Å²) in [6.07, 6.45) is -0.258. The van der Waals surface area contributed by atoms with E-state index in [1.807, 2.05) is 12.1 Å². The summed E-state index contributed by atoms with van der Waals surface area (Å²) >= 11 is 0. The maximum absolute atomic E-state index is 12.4. The Morgan fingerprint density at radius 2 is 1.96 bits per heavy atom. The first kappa shape index (κ1) is 18.5. The number of methoxy groups -OCH3 is 2. The van der Waals surface area contributed by atoms with Gasteiger partial charge in [0.1, 0.15) is 11.4 Å². The Hall–Kier alpha value is -2.87. The molecule has 1 heterocycles. The number of rotatable bonds is 8. The fourth-order valence-electron chi connectivity index (χ4n) is 2.47. The summed E-state index contributed by atoms with van der Waals surface area (Å²) in [5, 5.41) is 18.5. The number of nitrogens with one attached hydrogen (secondary N) is 2. The van der Waals surface area contributed by atoms with Gasteiger partial charge in [0.15, 0.2) is 0 Å². The molecule has 1 aromatic heterocycles. The van der Waals surface area contributed by atoms with Crippen molar-refractivity contribution in [2.75, 3.05) is 20.8 Å². The third-order valence-corrected chi connectivity index (χ3v) is 3.63. The number of amides is 1. The van der Waals surface area contributed by atoms with Crippen molar-refractivity contribution in [1.29, 1.82) is 0 Å². The zero-order chi connectivity index (χ0) is 18.4. The molecule has 1 aromatic carbocycles. The summed E-state index contributed by atoms with van der Waals surface area (Å²) in [5.41, 5.74) is 0.627. The Morgan fingerprint density at radius 1 is 1.28 bits per heavy atom. The van der Waals surface area contributed by atoms with Gasteiger partial charge in [-0.3, -0.25) is 14.7 Å². The molecular weight excluding hydrogens is 326 g/mol. The van der Waals surface area contributed by atoms with Crippen LogP contribution in [0.25, 0.3) is 11.3 Å². The second-order valence-corrected chi connectivity index (χ2v) is 5.91. The molecule has 134 valence electrons. The second kappa shape index (κ2) is 7.80. The van der Waals surface area contributed by atoms with Gasteiger partial charge in [-0.05, 0) is 37.3 Å². The highest BCUT2D eigenvalue weighted by Gasteiger charge is 2.30. The third-order valence-electron chi connectivity index (χ3n) is 3.63. The van der Waals surface area contributed by atoms with Gasteiger partial charge in [-0.25, -0.2) is 0 Å². The van der Waals surface area contributed by atoms with Crippen LogP contribution in [-0.4, -0.2) is 53.5 Å². The number of H-pyrrole nitrogens is 1. The topological polar surface area (TPSA) is 114 Å². The van der Waals surface area contributed by atoms with Crippen molar-refractivity contribution in [3.8, 4) is 17.0 Å². The molecular formula is C17H21N3O5. The van der Waals surface area contributed by atoms with Crippen molar-refractivity contribution in [1.82, 2.24) is 15.5 Å². The van der Waals surface area contributed by atoms with E-state index in [2.05, 4.69) is 15.5 Å². The van der Waals surface area contributed by atoms with Crippen LogP contribution in [0, 0.1) is 0 Å². The van der Waals surface area contributed by atoms with Crippen LogP contribution in [0.15, 0.2) is 30.3 Å². The van der Waals surface area contributed by atoms with E-state index in [-0.39, 0.29) is 18.7 Å². The Labute approximate surface area is 145 Å². The van der Waals surface area contributed by atoms with E-state index in [1.54, 1.807) is 32.2 Å². The van der Waals surface area contributed by atoms with Gasteiger partial charge < -0.3 is 19.9 Å². The normalized spacial score (nSPS) is 13.1. The third kappa shape index (κ3) is 4.80. The fourth-order valence-corrected chi connectivity index (χ4v) is 2.47. The van der Waals surface area contributed by atoms with Crippen LogP contribution in [0.3, 0.4) is 0 Å². The zero-order valence-electron chi connectivity index (χ0n) is 14.3. The number of benzene rings is 1. The highest BCUT2D eigenvalue weighted by Crippen LogP contribution is 2.21. The predicted molar refractivity (Wildman–Crippen MR) is 90.6 cm³/mol. The zero-order valence-corrected chi connectivity index (χ0v) is 14.3. The van der Waals surface area contributed by atoms with E-state index in [9.17, 15) is 9.59 Å². The Balaban J connectivity index is 2.14. The number of ether oxygens (including phenoxy) is 2. The van der Waals surface area contributed by atoms with E-state index in [0.29, 0.717) is 5.69 Å². The minimum absolute atomic E-state index is 0.0739. The first-order valence-electron chi connectivity index (χ1n) is 7.60. The molecule has 1 amide bonds. The number of nitrogens with zero attached hydrogens (tertiary/aromatic N) is 1. The monoisotopic (exact) mass is 347 g/mol. The first-order chi connectivity index (χ1) is 11.9. The molecule has 3 N–H and O–H groups in total. The summed E-state index contributed by atoms with van der Waals surface area (Å²) in [4.78, 5) is 23.4. The van der Waals surface area contributed by atoms with Gasteiger partial charge in [0.25, 0.3) is 5.91 Å². The summed E-state index contributed by atoms with van der Waals surface area (Å²) in [5.74, 6) is -0.752. The quantitative estimate of drug-likeness (QED) is 0.670. The van der Waals surface area contributed by atoms with Crippen molar-refractivity contribution in [2.24, 2.45) is 0 Å². The van der Waals surface area contributed by atoms with Gasteiger partial charge in [-0.2, -0.15) is 5.10 Å². The van der Waals surface area contributed by atoms with Crippen molar-refractivity contribution in [3.63, 3.8) is 0 Å². The van der Waals surface area contributed by atoms with Crippen molar-refractivity contribution >= 4 is 11.9 Å². The lowest BCUT2D eigenvalue weighted by Gasteiger charge is -2.28. The highest BCUT2D eigenvalue weighted by molar-refractivity contribution is 5.94. The number of hydrogen-bond acceptors (Lipinski definition) is 5. The van der Waals surface area contributed by atoms with E-state index in [0.717, 1.165) is 11.3 Å². The van der Waals surface area contributed by atoms with Crippen LogP contribution in [0.1, 0.15) is 23.8 Å². The first-order valence-corrected chi connectivity index (χ1v) is 7.60. The number of carbonyl (C=O) groups is 2. The summed E-state index contributed by atoms with van der Waals surface area (Å²) < 4.78 is 10.1. The lowest BCUT2D eigenvalue weighted by atomic mass is 9.98. The van der Waals surface area contributed by atoms with Gasteiger partial charge in [0, 0.05) is 12.7 Å². The van der Waals surface area contributed by atoms with Gasteiger partial charge in [0.05, 0.1) is 31.4 Å². The average Bonchev–Trinajstić information content (AvgIpc) is 3.04. The van der Waals surface area contributed by atoms with Crippen molar-refractivity contribution in [2.45, 2.75) is 18.9 Å². The maximum Gasteiger partial charge on any atom is 0.305 e. The minimum Gasteiger partial charge on any atom is -0.497 e. The highest BCUT2D eigenvalue weighted by atomic mass is 16.5. The Bertz CT molecular complexity index is 741. The Morgan fingerprint density at radius 3 is 2.52 bits per heavy atom. The standard InChI is InChI=1S/C17H21N3O5/c1-17(10-24-2,9-15(21)22)18-16(23)14-8-13(19-20-14)11-4-6-12(25-3)7-5-11/h4-8H,9-10H2,1-3H3,(H,18,23)(H,19,20)(H,21,22). The van der Waals surface area contributed by atoms with Gasteiger partial charge in [0.2, 0.25) is 0 Å². The fraction of sp³-hybridized carbons (Fsp3) is 0.353. The van der Waals surface area contributed by atoms with Gasteiger partial charge in [-0.1, -0.05) is 0 Å². The van der Waals surface area contributed by atoms with Crippen LogP contribution in [0.5, 0.6) is 5.75 Å². The number of carbonyl (C=O) groups excluding carboxylic acids is 1. The van der Waals surface area contributed by atoms with E-state index in [4.69, 9.17) is 14.6 Å². The SMILES string of the molecule is COCC(C)(CC(=O)O)NC(=O)c1cc(-c2ccc(OC)cc2)n[nH]1. The summed E-state index contributed by atoms with van der Waals surface area (Å²) in [7, 11) is 3.03. The average molecular weight is 347 g/mol. The molecule has 25 heavy (non-hydrogen) atoms. The molecule has 0 fully saturated rings. The summed E-state index contributed by atoms with van der Waals surface area (Å²) in [6.45, 7) is 1.69. The smallest absolute Gasteiger partial charge is 0.305 e. The van der Waals surface area contributed by atoms with Crippen molar-refractivity contribution < 1.29 is 24.2 Å². The molecule has 2 rings (SSSR count). The number of carboxylic acids is 1. The molecule has 8 heteroatoms. The number of aliphatic carboxylic acids is 1. The molecule has 0 saturated heterocycles. The van der Waals surface area contributed by atoms with Crippen LogP contribution in [0.2, 0.25) is 0 Å². The number of aromatic amines is 1. The maximum atomic E-state index is 12.4. The van der Waals surface area contributed by atoms with Crippen molar-refractivity contribution in [3.05, 3.63) is 36.0 Å². The largest absolute Gasteiger partial charge is 0.497 e. The molecule has 0 spiro atoms. The molecule has 0 aliphatic heterocycles. The molecule has 0 radical (unpaired) electrons. The van der Waals surface area contributed by atoms with Gasteiger partial charge >= 0.3 is 5.97 Å². The van der Waals surface area contributed by atoms with E-state index < -0.39 is 17.4 Å². The predicted octanol–water partition coefficient (Wildman–Crippen LogP) is 1.69. The van der Waals surface area contributed by atoms with E-state index >= 15 is 0 Å². The molecule has 1 unspecified atom stereocenters. The van der Waals surface area contributed by atoms with Crippen LogP contribution < -0.4 is 10.1 Å². The molecule has 1 atom stereocenters. The Kier molecular flexibility index (Phi) is 5.76. The molecule has 2 aromatic rings. The molecule has 0 bridgehead atoms. The van der Waals surface area contributed by atoms with Gasteiger partial charge in [-0.15, -0.1) is 0 Å². The minimum atomic E-state index is -1.02. The number of carboxylic acid groups (broad SMARTS) is 1. The lowest BCUT2D eigenvalue weighted by Crippen LogP contribution is -2.50. The molecule has 8 nitrogen and oxygen atoms in total. The van der Waals surface area contributed by atoms with Crippen LogP contribution in [-0.2, 0) is 9.53 Å². The molecule has 0 saturated carbocycles. The second-order valence-electron chi connectivity index (χ2n) is 5.91.